The Morgan fingerprint density at radius 2 is 2.04 bits per heavy atom. The highest BCUT2D eigenvalue weighted by atomic mass is 35.5. The highest BCUT2D eigenvalue weighted by Crippen LogP contribution is 2.24. The maximum atomic E-state index is 14.1. The Balaban J connectivity index is 2.50. The van der Waals surface area contributed by atoms with Crippen LogP contribution in [0, 0.1) is 5.82 Å². The summed E-state index contributed by atoms with van der Waals surface area (Å²) >= 11 is 5.63. The molecule has 12 heteroatoms. The van der Waals surface area contributed by atoms with Crippen molar-refractivity contribution in [3.63, 3.8) is 0 Å². The summed E-state index contributed by atoms with van der Waals surface area (Å²) in [6.07, 6.45) is 0.0564. The van der Waals surface area contributed by atoms with Crippen LogP contribution >= 0.6 is 11.6 Å². The molecule has 1 heterocycles. The fourth-order valence-corrected chi connectivity index (χ4v) is 3.44. The predicted molar refractivity (Wildman–Crippen MR) is 82.7 cm³/mol. The molecule has 132 valence electrons. The van der Waals surface area contributed by atoms with E-state index in [1.165, 1.54) is 6.07 Å². The number of nitrogens with zero attached hydrogens (tertiary/aromatic N) is 4. The van der Waals surface area contributed by atoms with Gasteiger partial charge in [-0.3, -0.25) is 4.39 Å². The number of aromatic nitrogens is 4. The molecule has 0 saturated heterocycles. The number of tetrazole rings is 1. The van der Waals surface area contributed by atoms with Crippen molar-refractivity contribution in [2.24, 2.45) is 5.14 Å². The quantitative estimate of drug-likeness (QED) is 0.701. The highest BCUT2D eigenvalue weighted by Gasteiger charge is 2.24. The smallest absolute Gasteiger partial charge is 0.251 e. The molecule has 2 N–H and O–H groups in total. The average molecular weight is 382 g/mol. The number of aryl methyl sites for hydroxylation is 1. The number of benzene rings is 1. The number of nitrogens with two attached hydrogens (primary N) is 1. The lowest BCUT2D eigenvalue weighted by molar-refractivity contribution is 0.427. The second-order valence-corrected chi connectivity index (χ2v) is 6.94. The third-order valence-electron chi connectivity index (χ3n) is 3.25. The molecule has 1 aromatic heterocycles. The normalized spacial score (nSPS) is 13.2. The van der Waals surface area contributed by atoms with Crippen molar-refractivity contribution < 1.29 is 17.2 Å². The zero-order valence-corrected chi connectivity index (χ0v) is 13.8. The van der Waals surface area contributed by atoms with Gasteiger partial charge in [-0.15, -0.1) is 11.6 Å². The minimum absolute atomic E-state index is 0.0157. The fourth-order valence-electron chi connectivity index (χ4n) is 2.03. The number of hydrogen-bond donors (Lipinski definition) is 1. The molecule has 1 atom stereocenters. The Labute approximate surface area is 140 Å². The molecule has 0 amide bonds. The minimum Gasteiger partial charge on any atom is -0.251 e. The molecule has 1 unspecified atom stereocenters. The van der Waals surface area contributed by atoms with E-state index >= 15 is 0 Å². The summed E-state index contributed by atoms with van der Waals surface area (Å²) in [5, 5.41) is 10.9. The number of hydrogen-bond acceptors (Lipinski definition) is 5. The Morgan fingerprint density at radius 3 is 2.62 bits per heavy atom. The lowest BCUT2D eigenvalue weighted by Gasteiger charge is -2.13. The molecular weight excluding hydrogens is 368 g/mol. The third-order valence-corrected chi connectivity index (χ3v) is 4.97. The van der Waals surface area contributed by atoms with Crippen molar-refractivity contribution >= 4 is 21.6 Å². The molecule has 8 nitrogen and oxygen atoms in total. The van der Waals surface area contributed by atoms with E-state index in [0.717, 1.165) is 16.8 Å². The molecule has 0 fully saturated rings. The van der Waals surface area contributed by atoms with Crippen molar-refractivity contribution in [3.8, 4) is 5.69 Å². The van der Waals surface area contributed by atoms with Crippen molar-refractivity contribution in [2.45, 2.75) is 18.2 Å². The Bertz CT molecular complexity index is 883. The predicted octanol–water partition coefficient (Wildman–Crippen LogP) is 0.496. The summed E-state index contributed by atoms with van der Waals surface area (Å²) in [4.78, 5) is 12.1. The molecule has 0 bridgehead atoms. The van der Waals surface area contributed by atoms with Gasteiger partial charge in [-0.1, -0.05) is 6.07 Å². The van der Waals surface area contributed by atoms with Crippen molar-refractivity contribution in [1.29, 1.82) is 0 Å². The van der Waals surface area contributed by atoms with Gasteiger partial charge in [0.05, 0.1) is 13.2 Å². The Kier molecular flexibility index (Phi) is 5.67. The van der Waals surface area contributed by atoms with E-state index in [1.807, 2.05) is 0 Å². The fraction of sp³-hybridized carbons (Fsp3) is 0.417. The van der Waals surface area contributed by atoms with E-state index in [-0.39, 0.29) is 30.1 Å². The van der Waals surface area contributed by atoms with Crippen LogP contribution < -0.4 is 10.8 Å². The zero-order valence-electron chi connectivity index (χ0n) is 12.3. The molecule has 0 saturated carbocycles. The first-order valence-electron chi connectivity index (χ1n) is 6.75. The summed E-state index contributed by atoms with van der Waals surface area (Å²) in [6, 6.07) is 3.29. The molecule has 0 spiro atoms. The molecule has 2 aromatic rings. The summed E-state index contributed by atoms with van der Waals surface area (Å²) in [6.45, 7) is -0.660. The van der Waals surface area contributed by atoms with Crippen LogP contribution in [0.4, 0.5) is 8.78 Å². The van der Waals surface area contributed by atoms with Crippen LogP contribution in [0.2, 0.25) is 0 Å². The standard InChI is InChI=1S/C12H14ClF2N5O3S/c13-7-11(24(16,22)23)8-2-3-9(15)10(6-8)20-12(21)19(17-18-20)5-1-4-14/h2-3,6,11H,1,4-5,7H2,(H2,16,22,23). The third kappa shape index (κ3) is 3.79. The zero-order chi connectivity index (χ0) is 17.9. The number of sulfonamides is 1. The lowest BCUT2D eigenvalue weighted by atomic mass is 10.1. The molecule has 0 aliphatic heterocycles. The van der Waals surface area contributed by atoms with Crippen molar-refractivity contribution in [3.05, 3.63) is 40.1 Å². The van der Waals surface area contributed by atoms with E-state index < -0.39 is 33.5 Å². The van der Waals surface area contributed by atoms with Gasteiger partial charge in [-0.25, -0.2) is 22.7 Å². The second kappa shape index (κ2) is 7.36. The molecule has 1 aromatic carbocycles. The average Bonchev–Trinajstić information content (AvgIpc) is 2.87. The Morgan fingerprint density at radius 1 is 1.33 bits per heavy atom. The second-order valence-electron chi connectivity index (χ2n) is 4.88. The highest BCUT2D eigenvalue weighted by molar-refractivity contribution is 7.89. The van der Waals surface area contributed by atoms with Crippen LogP contribution in [0.1, 0.15) is 17.2 Å². The van der Waals surface area contributed by atoms with E-state index in [4.69, 9.17) is 16.7 Å². The minimum atomic E-state index is -4.02. The maximum absolute atomic E-state index is 14.1. The largest absolute Gasteiger partial charge is 0.368 e. The summed E-state index contributed by atoms with van der Waals surface area (Å²) < 4.78 is 50.9. The molecule has 0 aliphatic rings. The van der Waals surface area contributed by atoms with Gasteiger partial charge in [0.15, 0.2) is 0 Å². The molecule has 0 aliphatic carbocycles. The van der Waals surface area contributed by atoms with Crippen molar-refractivity contribution in [2.75, 3.05) is 12.6 Å². The monoisotopic (exact) mass is 381 g/mol. The van der Waals surface area contributed by atoms with Crippen LogP contribution in [-0.2, 0) is 16.6 Å². The molecule has 0 radical (unpaired) electrons. The lowest BCUT2D eigenvalue weighted by Crippen LogP contribution is -2.26. The van der Waals surface area contributed by atoms with Gasteiger partial charge in [-0.2, -0.15) is 9.36 Å². The van der Waals surface area contributed by atoms with Gasteiger partial charge >= 0.3 is 5.69 Å². The van der Waals surface area contributed by atoms with Gasteiger partial charge in [0, 0.05) is 5.88 Å². The number of alkyl halides is 2. The van der Waals surface area contributed by atoms with Crippen molar-refractivity contribution in [1.82, 2.24) is 19.8 Å². The summed E-state index contributed by atoms with van der Waals surface area (Å²) in [5.41, 5.74) is -0.977. The summed E-state index contributed by atoms with van der Waals surface area (Å²) in [5.74, 6) is -1.16. The first-order chi connectivity index (χ1) is 11.3. The van der Waals surface area contributed by atoms with Gasteiger partial charge in [0.25, 0.3) is 0 Å². The van der Waals surface area contributed by atoms with Gasteiger partial charge in [0.1, 0.15) is 16.8 Å². The molecular formula is C12H14ClF2N5O3S. The van der Waals surface area contributed by atoms with Crippen LogP contribution in [-0.4, -0.2) is 40.8 Å². The number of halogens is 3. The molecule has 2 rings (SSSR count). The van der Waals surface area contributed by atoms with E-state index in [2.05, 4.69) is 10.4 Å². The van der Waals surface area contributed by atoms with Crippen LogP contribution in [0.3, 0.4) is 0 Å². The summed E-state index contributed by atoms with van der Waals surface area (Å²) in [7, 11) is -4.02. The van der Waals surface area contributed by atoms with E-state index in [9.17, 15) is 22.0 Å². The van der Waals surface area contributed by atoms with Crippen LogP contribution in [0.5, 0.6) is 0 Å². The van der Waals surface area contributed by atoms with Gasteiger partial charge in [-0.05, 0) is 34.5 Å². The van der Waals surface area contributed by atoms with Crippen LogP contribution in [0.15, 0.2) is 23.0 Å². The van der Waals surface area contributed by atoms with E-state index in [1.54, 1.807) is 0 Å². The molecule has 24 heavy (non-hydrogen) atoms. The number of rotatable bonds is 7. The van der Waals surface area contributed by atoms with E-state index in [0.29, 0.717) is 4.68 Å². The topological polar surface area (TPSA) is 113 Å². The van der Waals surface area contributed by atoms with Crippen LogP contribution in [0.25, 0.3) is 5.69 Å². The maximum Gasteiger partial charge on any atom is 0.368 e. The van der Waals surface area contributed by atoms with Gasteiger partial charge in [0.2, 0.25) is 10.0 Å². The van der Waals surface area contributed by atoms with Gasteiger partial charge < -0.3 is 0 Å². The first kappa shape index (κ1) is 18.5. The first-order valence-corrected chi connectivity index (χ1v) is 8.90. The SMILES string of the molecule is NS(=O)(=O)C(CCl)c1ccc(F)c(-n2nnn(CCCF)c2=O)c1. The Hall–Kier alpha value is -1.85. The number of primary sulfonamides is 1.